The van der Waals surface area contributed by atoms with Crippen molar-refractivity contribution >= 4 is 11.9 Å². The van der Waals surface area contributed by atoms with E-state index in [1.54, 1.807) is 13.1 Å². The van der Waals surface area contributed by atoms with Crippen molar-refractivity contribution < 1.29 is 18.7 Å². The van der Waals surface area contributed by atoms with E-state index in [0.29, 0.717) is 32.3 Å². The van der Waals surface area contributed by atoms with E-state index < -0.39 is 0 Å². The van der Waals surface area contributed by atoms with E-state index >= 15 is 0 Å². The molecule has 1 heterocycles. The third kappa shape index (κ3) is 5.34. The van der Waals surface area contributed by atoms with Gasteiger partial charge in [0.15, 0.2) is 17.5 Å². The molecule has 1 N–H and O–H groups in total. The molecule has 0 aromatic heterocycles. The molecule has 0 bridgehead atoms. The van der Waals surface area contributed by atoms with Crippen molar-refractivity contribution in [2.45, 2.75) is 33.2 Å². The number of hydrogen-bond donors (Lipinski definition) is 1. The normalized spacial score (nSPS) is 17.8. The van der Waals surface area contributed by atoms with Gasteiger partial charge in [-0.1, -0.05) is 6.07 Å². The van der Waals surface area contributed by atoms with E-state index in [2.05, 4.69) is 15.2 Å². The van der Waals surface area contributed by atoms with Crippen LogP contribution in [-0.4, -0.2) is 50.2 Å². The maximum absolute atomic E-state index is 14.0. The van der Waals surface area contributed by atoms with Crippen molar-refractivity contribution in [2.75, 3.05) is 33.4 Å². The molecule has 26 heavy (non-hydrogen) atoms. The number of ether oxygens (including phenoxy) is 2. The molecule has 1 aliphatic rings. The van der Waals surface area contributed by atoms with Crippen LogP contribution in [0.15, 0.2) is 23.2 Å². The maximum Gasteiger partial charge on any atom is 0.310 e. The number of carbonyl (C=O) groups is 1. The summed E-state index contributed by atoms with van der Waals surface area (Å²) in [5.74, 6) is 0.301. The van der Waals surface area contributed by atoms with Gasteiger partial charge in [-0.2, -0.15) is 0 Å². The van der Waals surface area contributed by atoms with Crippen LogP contribution in [0.25, 0.3) is 0 Å². The first kappa shape index (κ1) is 20.0. The number of nitrogens with one attached hydrogen (secondary N) is 1. The van der Waals surface area contributed by atoms with E-state index in [1.807, 2.05) is 19.9 Å². The van der Waals surface area contributed by atoms with Gasteiger partial charge in [-0.05, 0) is 44.4 Å². The third-order valence-electron chi connectivity index (χ3n) is 4.30. The molecule has 1 unspecified atom stereocenters. The van der Waals surface area contributed by atoms with Crippen LogP contribution in [0.4, 0.5) is 4.39 Å². The first-order valence-corrected chi connectivity index (χ1v) is 9.12. The number of benzene rings is 1. The molecular formula is C19H28FN3O3. The summed E-state index contributed by atoms with van der Waals surface area (Å²) in [4.78, 5) is 18.3. The lowest BCUT2D eigenvalue weighted by Gasteiger charge is -2.34. The standard InChI is InChI=1S/C19H28FN3O3/c1-4-25-17-9-8-14(11-16(17)20)12-22-19(21-3)23-10-6-7-15(13-23)18(24)26-5-2/h8-9,11,15H,4-7,10,12-13H2,1-3H3,(H,21,22). The summed E-state index contributed by atoms with van der Waals surface area (Å²) in [5.41, 5.74) is 0.797. The van der Waals surface area contributed by atoms with Crippen LogP contribution in [0.3, 0.4) is 0 Å². The molecule has 1 atom stereocenters. The Bertz CT molecular complexity index is 636. The number of aliphatic imine (C=N–C) groups is 1. The molecule has 0 amide bonds. The van der Waals surface area contributed by atoms with Crippen LogP contribution in [0.2, 0.25) is 0 Å². The number of guanidine groups is 1. The lowest BCUT2D eigenvalue weighted by Crippen LogP contribution is -2.48. The molecule has 144 valence electrons. The highest BCUT2D eigenvalue weighted by Crippen LogP contribution is 2.20. The number of piperidine rings is 1. The van der Waals surface area contributed by atoms with Gasteiger partial charge >= 0.3 is 5.97 Å². The Balaban J connectivity index is 1.95. The van der Waals surface area contributed by atoms with Crippen LogP contribution in [0.1, 0.15) is 32.3 Å². The Kier molecular flexibility index (Phi) is 7.69. The largest absolute Gasteiger partial charge is 0.491 e. The number of nitrogens with zero attached hydrogens (tertiary/aromatic N) is 2. The van der Waals surface area contributed by atoms with Gasteiger partial charge in [0, 0.05) is 26.7 Å². The minimum absolute atomic E-state index is 0.134. The van der Waals surface area contributed by atoms with Crippen molar-refractivity contribution in [3.63, 3.8) is 0 Å². The first-order valence-electron chi connectivity index (χ1n) is 9.12. The highest BCUT2D eigenvalue weighted by molar-refractivity contribution is 5.81. The third-order valence-corrected chi connectivity index (χ3v) is 4.30. The van der Waals surface area contributed by atoms with Gasteiger partial charge in [-0.25, -0.2) is 4.39 Å². The van der Waals surface area contributed by atoms with E-state index in [-0.39, 0.29) is 23.5 Å². The second kappa shape index (κ2) is 9.99. The topological polar surface area (TPSA) is 63.2 Å². The molecule has 7 heteroatoms. The molecule has 1 aromatic carbocycles. The van der Waals surface area contributed by atoms with E-state index in [1.165, 1.54) is 6.07 Å². The Labute approximate surface area is 154 Å². The minimum atomic E-state index is -0.374. The van der Waals surface area contributed by atoms with Gasteiger partial charge in [0.05, 0.1) is 19.1 Å². The molecular weight excluding hydrogens is 337 g/mol. The van der Waals surface area contributed by atoms with Gasteiger partial charge in [-0.15, -0.1) is 0 Å². The van der Waals surface area contributed by atoms with Gasteiger partial charge in [0.1, 0.15) is 0 Å². The summed E-state index contributed by atoms with van der Waals surface area (Å²) < 4.78 is 24.3. The molecule has 1 aromatic rings. The molecule has 0 spiro atoms. The molecule has 1 fully saturated rings. The summed E-state index contributed by atoms with van der Waals surface area (Å²) in [5, 5.41) is 3.24. The second-order valence-corrected chi connectivity index (χ2v) is 6.14. The fourth-order valence-corrected chi connectivity index (χ4v) is 3.06. The fourth-order valence-electron chi connectivity index (χ4n) is 3.06. The van der Waals surface area contributed by atoms with E-state index in [0.717, 1.165) is 24.9 Å². The average molecular weight is 365 g/mol. The fraction of sp³-hybridized carbons (Fsp3) is 0.579. The minimum Gasteiger partial charge on any atom is -0.491 e. The van der Waals surface area contributed by atoms with Gasteiger partial charge in [0.25, 0.3) is 0 Å². The zero-order valence-corrected chi connectivity index (χ0v) is 15.8. The van der Waals surface area contributed by atoms with Crippen LogP contribution < -0.4 is 10.1 Å². The zero-order chi connectivity index (χ0) is 18.9. The van der Waals surface area contributed by atoms with Crippen LogP contribution in [0.5, 0.6) is 5.75 Å². The van der Waals surface area contributed by atoms with Crippen molar-refractivity contribution in [3.8, 4) is 5.75 Å². The number of hydrogen-bond acceptors (Lipinski definition) is 4. The Hall–Kier alpha value is -2.31. The average Bonchev–Trinajstić information content (AvgIpc) is 2.65. The number of carbonyl (C=O) groups excluding carboxylic acids is 1. The predicted octanol–water partition coefficient (Wildman–Crippen LogP) is 2.57. The molecule has 0 radical (unpaired) electrons. The van der Waals surface area contributed by atoms with Crippen molar-refractivity contribution in [1.29, 1.82) is 0 Å². The second-order valence-electron chi connectivity index (χ2n) is 6.14. The highest BCUT2D eigenvalue weighted by atomic mass is 19.1. The predicted molar refractivity (Wildman–Crippen MR) is 98.7 cm³/mol. The monoisotopic (exact) mass is 365 g/mol. The summed E-state index contributed by atoms with van der Waals surface area (Å²) in [7, 11) is 1.70. The van der Waals surface area contributed by atoms with E-state index in [9.17, 15) is 9.18 Å². The highest BCUT2D eigenvalue weighted by Gasteiger charge is 2.28. The van der Waals surface area contributed by atoms with Gasteiger partial charge in [-0.3, -0.25) is 9.79 Å². The number of likely N-dealkylation sites (tertiary alicyclic amines) is 1. The first-order chi connectivity index (χ1) is 12.6. The van der Waals surface area contributed by atoms with Crippen LogP contribution >= 0.6 is 0 Å². The molecule has 0 saturated carbocycles. The Morgan fingerprint density at radius 1 is 1.38 bits per heavy atom. The smallest absolute Gasteiger partial charge is 0.310 e. The molecule has 1 aliphatic heterocycles. The zero-order valence-electron chi connectivity index (χ0n) is 15.8. The molecule has 1 saturated heterocycles. The summed E-state index contributed by atoms with van der Waals surface area (Å²) in [6.07, 6.45) is 1.73. The van der Waals surface area contributed by atoms with Crippen LogP contribution in [0, 0.1) is 11.7 Å². The number of rotatable bonds is 6. The van der Waals surface area contributed by atoms with Crippen molar-refractivity contribution in [2.24, 2.45) is 10.9 Å². The molecule has 2 rings (SSSR count). The summed E-state index contributed by atoms with van der Waals surface area (Å²) >= 11 is 0. The van der Waals surface area contributed by atoms with Gasteiger partial charge < -0.3 is 19.7 Å². The molecule has 0 aliphatic carbocycles. The quantitative estimate of drug-likeness (QED) is 0.477. The maximum atomic E-state index is 14.0. The summed E-state index contributed by atoms with van der Waals surface area (Å²) in [6.45, 7) is 6.30. The number of halogens is 1. The molecule has 6 nitrogen and oxygen atoms in total. The van der Waals surface area contributed by atoms with Crippen LogP contribution in [-0.2, 0) is 16.1 Å². The Morgan fingerprint density at radius 2 is 2.19 bits per heavy atom. The Morgan fingerprint density at radius 3 is 2.85 bits per heavy atom. The van der Waals surface area contributed by atoms with Crippen molar-refractivity contribution in [1.82, 2.24) is 10.2 Å². The van der Waals surface area contributed by atoms with Gasteiger partial charge in [0.2, 0.25) is 0 Å². The van der Waals surface area contributed by atoms with Crippen molar-refractivity contribution in [3.05, 3.63) is 29.6 Å². The lowest BCUT2D eigenvalue weighted by atomic mass is 9.98. The SMILES string of the molecule is CCOC(=O)C1CCCN(C(=NC)NCc2ccc(OCC)c(F)c2)C1. The lowest BCUT2D eigenvalue weighted by molar-refractivity contribution is -0.149. The summed E-state index contributed by atoms with van der Waals surface area (Å²) in [6, 6.07) is 4.92. The number of esters is 1. The van der Waals surface area contributed by atoms with E-state index in [4.69, 9.17) is 9.47 Å².